The highest BCUT2D eigenvalue weighted by Gasteiger charge is 2.48. The maximum Gasteiger partial charge on any atom is 0.374 e. The number of carbonyl (C=O) groups excluding carboxylic acids is 2. The summed E-state index contributed by atoms with van der Waals surface area (Å²) in [5.41, 5.74) is 0. The summed E-state index contributed by atoms with van der Waals surface area (Å²) >= 11 is 0. The van der Waals surface area contributed by atoms with E-state index in [1.54, 1.807) is 0 Å². The van der Waals surface area contributed by atoms with Crippen LogP contribution in [0.2, 0.25) is 0 Å². The van der Waals surface area contributed by atoms with Gasteiger partial charge in [0.1, 0.15) is 6.42 Å². The van der Waals surface area contributed by atoms with Crippen LogP contribution in [-0.2, 0) is 19.1 Å². The van der Waals surface area contributed by atoms with E-state index in [-0.39, 0.29) is 0 Å². The molecular weight excluding hydrogens is 140 g/mol. The highest BCUT2D eigenvalue weighted by Crippen LogP contribution is 2.20. The van der Waals surface area contributed by atoms with Gasteiger partial charge < -0.3 is 14.6 Å². The van der Waals surface area contributed by atoms with E-state index in [4.69, 9.17) is 5.11 Å². The largest absolute Gasteiger partial charge is 0.389 e. The van der Waals surface area contributed by atoms with Crippen LogP contribution >= 0.6 is 0 Å². The number of hydrogen-bond donors (Lipinski definition) is 1. The number of rotatable bonds is 1. The number of esters is 2. The summed E-state index contributed by atoms with van der Waals surface area (Å²) in [6.45, 7) is 0. The van der Waals surface area contributed by atoms with Gasteiger partial charge >= 0.3 is 11.9 Å². The molecule has 0 aromatic rings. The summed E-state index contributed by atoms with van der Waals surface area (Å²) in [5.74, 6) is -3.86. The summed E-state index contributed by atoms with van der Waals surface area (Å²) in [6, 6.07) is 0. The van der Waals surface area contributed by atoms with Crippen LogP contribution < -0.4 is 0 Å². The minimum Gasteiger partial charge on any atom is -0.389 e. The Hall–Kier alpha value is -0.940. The van der Waals surface area contributed by atoms with Gasteiger partial charge in [-0.3, -0.25) is 4.79 Å². The highest BCUT2D eigenvalue weighted by atomic mass is 16.7. The van der Waals surface area contributed by atoms with Crippen LogP contribution in [0.5, 0.6) is 0 Å². The smallest absolute Gasteiger partial charge is 0.374 e. The van der Waals surface area contributed by atoms with Crippen molar-refractivity contribution in [3.8, 4) is 0 Å². The molecule has 56 valence electrons. The number of ether oxygens (including phenoxy) is 2. The van der Waals surface area contributed by atoms with Crippen molar-refractivity contribution in [3.05, 3.63) is 0 Å². The van der Waals surface area contributed by atoms with Gasteiger partial charge in [0.05, 0.1) is 0 Å². The van der Waals surface area contributed by atoms with E-state index >= 15 is 0 Å². The first-order chi connectivity index (χ1) is 4.58. The van der Waals surface area contributed by atoms with Crippen LogP contribution in [0.4, 0.5) is 0 Å². The van der Waals surface area contributed by atoms with Gasteiger partial charge in [-0.15, -0.1) is 0 Å². The Kier molecular flexibility index (Phi) is 1.46. The molecule has 1 aliphatic rings. The Morgan fingerprint density at radius 1 is 1.70 bits per heavy atom. The van der Waals surface area contributed by atoms with E-state index in [2.05, 4.69) is 9.47 Å². The van der Waals surface area contributed by atoms with Crippen LogP contribution in [0.3, 0.4) is 0 Å². The Labute approximate surface area is 56.5 Å². The summed E-state index contributed by atoms with van der Waals surface area (Å²) in [6.07, 6.45) is -0.428. The third kappa shape index (κ3) is 0.891. The molecule has 0 saturated carbocycles. The minimum atomic E-state index is -2.04. The molecule has 1 atom stereocenters. The quantitative estimate of drug-likeness (QED) is 0.285. The second-order valence-corrected chi connectivity index (χ2v) is 1.93. The number of aliphatic hydroxyl groups is 1. The fraction of sp³-hybridized carbons (Fsp3) is 0.600. The van der Waals surface area contributed by atoms with E-state index in [1.807, 2.05) is 0 Å². The van der Waals surface area contributed by atoms with Crippen molar-refractivity contribution in [1.29, 1.82) is 0 Å². The normalized spacial score (nSPS) is 32.6. The molecule has 5 heteroatoms. The fourth-order valence-electron chi connectivity index (χ4n) is 0.643. The van der Waals surface area contributed by atoms with Crippen LogP contribution in [0.15, 0.2) is 0 Å². The lowest BCUT2D eigenvalue weighted by Crippen LogP contribution is -2.35. The molecule has 1 fully saturated rings. The molecule has 10 heavy (non-hydrogen) atoms. The second-order valence-electron chi connectivity index (χ2n) is 1.93. The topological polar surface area (TPSA) is 72.8 Å². The molecule has 1 unspecified atom stereocenters. The van der Waals surface area contributed by atoms with Crippen molar-refractivity contribution in [3.63, 3.8) is 0 Å². The van der Waals surface area contributed by atoms with Gasteiger partial charge in [0.25, 0.3) is 5.79 Å². The maximum absolute atomic E-state index is 10.5. The van der Waals surface area contributed by atoms with Crippen molar-refractivity contribution < 1.29 is 24.2 Å². The third-order valence-electron chi connectivity index (χ3n) is 1.25. The Morgan fingerprint density at radius 2 is 2.30 bits per heavy atom. The number of methoxy groups -OCH3 is 1. The summed E-state index contributed by atoms with van der Waals surface area (Å²) in [4.78, 5) is 20.9. The average Bonchev–Trinajstić information content (AvgIpc) is 2.09. The predicted octanol–water partition coefficient (Wildman–Crippen LogP) is -1.21. The Balaban J connectivity index is 2.80. The summed E-state index contributed by atoms with van der Waals surface area (Å²) in [7, 11) is 1.12. The van der Waals surface area contributed by atoms with E-state index in [0.717, 1.165) is 7.11 Å². The molecule has 1 rings (SSSR count). The molecule has 5 nitrogen and oxygen atoms in total. The molecule has 0 radical (unpaired) electrons. The third-order valence-corrected chi connectivity index (χ3v) is 1.25. The molecule has 1 saturated heterocycles. The Bertz CT molecular complexity index is 186. The predicted molar refractivity (Wildman–Crippen MR) is 27.7 cm³/mol. The summed E-state index contributed by atoms with van der Waals surface area (Å²) in [5, 5.41) is 9.02. The molecule has 0 spiro atoms. The van der Waals surface area contributed by atoms with Crippen LogP contribution in [0.25, 0.3) is 0 Å². The fourth-order valence-corrected chi connectivity index (χ4v) is 0.643. The number of carbonyl (C=O) groups is 2. The molecule has 1 N–H and O–H groups in total. The van der Waals surface area contributed by atoms with Crippen LogP contribution in [0.1, 0.15) is 6.42 Å². The van der Waals surface area contributed by atoms with Gasteiger partial charge in [0.15, 0.2) is 0 Å². The Morgan fingerprint density at radius 3 is 2.50 bits per heavy atom. The first-order valence-corrected chi connectivity index (χ1v) is 2.61. The first kappa shape index (κ1) is 7.17. The second kappa shape index (κ2) is 2.03. The monoisotopic (exact) mass is 146 g/mol. The van der Waals surface area contributed by atoms with Crippen molar-refractivity contribution in [1.82, 2.24) is 0 Å². The van der Waals surface area contributed by atoms with E-state index in [9.17, 15) is 9.59 Å². The lowest BCUT2D eigenvalue weighted by atomic mass is 10.2. The van der Waals surface area contributed by atoms with E-state index < -0.39 is 24.1 Å². The van der Waals surface area contributed by atoms with Crippen molar-refractivity contribution in [2.45, 2.75) is 12.2 Å². The van der Waals surface area contributed by atoms with Gasteiger partial charge in [-0.1, -0.05) is 0 Å². The maximum atomic E-state index is 10.5. The molecule has 0 aromatic heterocycles. The van der Waals surface area contributed by atoms with Crippen molar-refractivity contribution >= 4 is 11.9 Å². The molecular formula is C5H6O5. The van der Waals surface area contributed by atoms with Gasteiger partial charge in [-0.05, 0) is 0 Å². The van der Waals surface area contributed by atoms with Crippen LogP contribution in [0, 0.1) is 0 Å². The molecule has 0 bridgehead atoms. The lowest BCUT2D eigenvalue weighted by molar-refractivity contribution is -0.199. The molecule has 0 amide bonds. The molecule has 1 heterocycles. The zero-order valence-corrected chi connectivity index (χ0v) is 5.29. The van der Waals surface area contributed by atoms with Gasteiger partial charge in [-0.25, -0.2) is 4.79 Å². The number of cyclic esters (lactones) is 2. The lowest BCUT2D eigenvalue weighted by Gasteiger charge is -2.12. The average molecular weight is 146 g/mol. The standard InChI is InChI=1S/C5H6O5/c1-9-5(8)2-3(6)10-4(5)7/h8H,2H2,1H3. The van der Waals surface area contributed by atoms with Crippen molar-refractivity contribution in [2.24, 2.45) is 0 Å². The summed E-state index contributed by atoms with van der Waals surface area (Å²) < 4.78 is 8.36. The zero-order valence-electron chi connectivity index (χ0n) is 5.29. The molecule has 1 aliphatic heterocycles. The van der Waals surface area contributed by atoms with Gasteiger partial charge in [0, 0.05) is 7.11 Å². The van der Waals surface area contributed by atoms with Crippen LogP contribution in [-0.4, -0.2) is 29.9 Å². The number of hydrogen-bond acceptors (Lipinski definition) is 5. The highest BCUT2D eigenvalue weighted by molar-refractivity contribution is 5.98. The van der Waals surface area contributed by atoms with Gasteiger partial charge in [0.2, 0.25) is 0 Å². The zero-order chi connectivity index (χ0) is 7.78. The van der Waals surface area contributed by atoms with Gasteiger partial charge in [-0.2, -0.15) is 0 Å². The molecule has 0 aliphatic carbocycles. The molecule has 0 aromatic carbocycles. The van der Waals surface area contributed by atoms with Crippen molar-refractivity contribution in [2.75, 3.05) is 7.11 Å². The van der Waals surface area contributed by atoms with E-state index in [1.165, 1.54) is 0 Å². The van der Waals surface area contributed by atoms with E-state index in [0.29, 0.717) is 0 Å². The first-order valence-electron chi connectivity index (χ1n) is 2.61. The minimum absolute atomic E-state index is 0.428. The SMILES string of the molecule is COC1(O)CC(=O)OC1=O.